The van der Waals surface area contributed by atoms with Crippen LogP contribution in [0.1, 0.15) is 6.42 Å². The van der Waals surface area contributed by atoms with Crippen molar-refractivity contribution in [2.24, 2.45) is 0 Å². The minimum atomic E-state index is -3.60. The molecule has 5 nitrogen and oxygen atoms in total. The van der Waals surface area contributed by atoms with Crippen LogP contribution in [0, 0.1) is 5.82 Å². The molecular formula is C13H19FN2O3S. The third-order valence-corrected chi connectivity index (χ3v) is 5.53. The lowest BCUT2D eigenvalue weighted by Gasteiger charge is -2.38. The molecule has 20 heavy (non-hydrogen) atoms. The van der Waals surface area contributed by atoms with E-state index < -0.39 is 15.8 Å². The van der Waals surface area contributed by atoms with Gasteiger partial charge in [-0.1, -0.05) is 0 Å². The number of hydrogen-bond acceptors (Lipinski definition) is 4. The summed E-state index contributed by atoms with van der Waals surface area (Å²) >= 11 is 0. The molecule has 0 amide bonds. The molecule has 1 unspecified atom stereocenters. The van der Waals surface area contributed by atoms with Crippen molar-refractivity contribution in [1.82, 2.24) is 9.21 Å². The Morgan fingerprint density at radius 1 is 1.30 bits per heavy atom. The Labute approximate surface area is 118 Å². The first-order chi connectivity index (χ1) is 9.45. The fourth-order valence-electron chi connectivity index (χ4n) is 2.35. The topological polar surface area (TPSA) is 60.9 Å². The van der Waals surface area contributed by atoms with E-state index in [0.717, 1.165) is 12.1 Å². The van der Waals surface area contributed by atoms with Gasteiger partial charge in [-0.25, -0.2) is 12.8 Å². The van der Waals surface area contributed by atoms with Gasteiger partial charge < -0.3 is 10.0 Å². The number of aliphatic hydroxyl groups excluding tert-OH is 1. The van der Waals surface area contributed by atoms with Crippen LogP contribution in [-0.2, 0) is 10.0 Å². The molecule has 0 bridgehead atoms. The average molecular weight is 302 g/mol. The Bertz CT molecular complexity index is 547. The summed E-state index contributed by atoms with van der Waals surface area (Å²) in [5, 5.41) is 9.04. The molecule has 1 aliphatic heterocycles. The zero-order valence-electron chi connectivity index (χ0n) is 11.4. The monoisotopic (exact) mass is 302 g/mol. The van der Waals surface area contributed by atoms with Gasteiger partial charge in [0.25, 0.3) is 0 Å². The van der Waals surface area contributed by atoms with E-state index >= 15 is 0 Å². The molecule has 112 valence electrons. The van der Waals surface area contributed by atoms with Crippen molar-refractivity contribution >= 4 is 10.0 Å². The summed E-state index contributed by atoms with van der Waals surface area (Å²) in [7, 11) is -1.68. The smallest absolute Gasteiger partial charge is 0.243 e. The maximum atomic E-state index is 12.9. The lowest BCUT2D eigenvalue weighted by molar-refractivity contribution is 0.120. The van der Waals surface area contributed by atoms with E-state index in [1.807, 2.05) is 11.9 Å². The van der Waals surface area contributed by atoms with Crippen LogP contribution in [0.2, 0.25) is 0 Å². The highest BCUT2D eigenvalue weighted by molar-refractivity contribution is 7.89. The van der Waals surface area contributed by atoms with Crippen LogP contribution in [-0.4, -0.2) is 62.1 Å². The Hall–Kier alpha value is -1.02. The van der Waals surface area contributed by atoms with Crippen LogP contribution >= 0.6 is 0 Å². The summed E-state index contributed by atoms with van der Waals surface area (Å²) in [6, 6.07) is 4.86. The first-order valence-electron chi connectivity index (χ1n) is 6.52. The molecule has 1 heterocycles. The van der Waals surface area contributed by atoms with Crippen molar-refractivity contribution in [2.75, 3.05) is 33.3 Å². The van der Waals surface area contributed by atoms with Gasteiger partial charge in [-0.15, -0.1) is 0 Å². The van der Waals surface area contributed by atoms with Crippen LogP contribution in [0.3, 0.4) is 0 Å². The van der Waals surface area contributed by atoms with Crippen molar-refractivity contribution in [2.45, 2.75) is 17.4 Å². The predicted octanol–water partition coefficient (Wildman–Crippen LogP) is 0.513. The van der Waals surface area contributed by atoms with Crippen LogP contribution in [0.25, 0.3) is 0 Å². The summed E-state index contributed by atoms with van der Waals surface area (Å²) in [4.78, 5) is 2.15. The van der Waals surface area contributed by atoms with Gasteiger partial charge in [0.05, 0.1) is 4.90 Å². The van der Waals surface area contributed by atoms with Gasteiger partial charge in [0, 0.05) is 32.3 Å². The largest absolute Gasteiger partial charge is 0.396 e. The molecule has 0 aromatic heterocycles. The molecule has 0 spiro atoms. The third-order valence-electron chi connectivity index (χ3n) is 3.65. The molecule has 1 aromatic rings. The summed E-state index contributed by atoms with van der Waals surface area (Å²) < 4.78 is 39.2. The minimum Gasteiger partial charge on any atom is -0.396 e. The highest BCUT2D eigenvalue weighted by atomic mass is 32.2. The Kier molecular flexibility index (Phi) is 4.74. The zero-order chi connectivity index (χ0) is 14.8. The fraction of sp³-hybridized carbons (Fsp3) is 0.538. The third kappa shape index (κ3) is 3.17. The second-order valence-corrected chi connectivity index (χ2v) is 6.90. The highest BCUT2D eigenvalue weighted by Gasteiger charge is 2.32. The molecular weight excluding hydrogens is 283 g/mol. The van der Waals surface area contributed by atoms with Crippen LogP contribution in [0.15, 0.2) is 29.2 Å². The van der Waals surface area contributed by atoms with E-state index in [0.29, 0.717) is 26.1 Å². The first-order valence-corrected chi connectivity index (χ1v) is 7.96. The van der Waals surface area contributed by atoms with E-state index in [4.69, 9.17) is 5.11 Å². The number of piperazine rings is 1. The van der Waals surface area contributed by atoms with E-state index in [9.17, 15) is 12.8 Å². The molecule has 1 aliphatic rings. The SMILES string of the molecule is CN1CCN(S(=O)(=O)c2ccc(F)cc2)CC1CCO. The number of nitrogens with zero attached hydrogens (tertiary/aromatic N) is 2. The van der Waals surface area contributed by atoms with Crippen molar-refractivity contribution < 1.29 is 17.9 Å². The lowest BCUT2D eigenvalue weighted by Crippen LogP contribution is -2.53. The molecule has 7 heteroatoms. The van der Waals surface area contributed by atoms with Crippen LogP contribution < -0.4 is 0 Å². The normalized spacial score (nSPS) is 22.1. The number of benzene rings is 1. The van der Waals surface area contributed by atoms with Crippen molar-refractivity contribution in [3.63, 3.8) is 0 Å². The number of hydrogen-bond donors (Lipinski definition) is 1. The van der Waals surface area contributed by atoms with Crippen molar-refractivity contribution in [1.29, 1.82) is 0 Å². The van der Waals surface area contributed by atoms with Crippen molar-refractivity contribution in [3.05, 3.63) is 30.1 Å². The standard InChI is InChI=1S/C13H19FN2O3S/c1-15-7-8-16(10-12(15)6-9-17)20(18,19)13-4-2-11(14)3-5-13/h2-5,12,17H,6-10H2,1H3. The number of sulfonamides is 1. The van der Waals surface area contributed by atoms with E-state index in [1.54, 1.807) is 0 Å². The summed E-state index contributed by atoms with van der Waals surface area (Å²) in [6.45, 7) is 1.39. The molecule has 1 aromatic carbocycles. The number of halogens is 1. The van der Waals surface area contributed by atoms with E-state index in [2.05, 4.69) is 0 Å². The molecule has 0 radical (unpaired) electrons. The molecule has 1 fully saturated rings. The number of aliphatic hydroxyl groups is 1. The van der Waals surface area contributed by atoms with Crippen molar-refractivity contribution in [3.8, 4) is 0 Å². The number of rotatable bonds is 4. The maximum Gasteiger partial charge on any atom is 0.243 e. The van der Waals surface area contributed by atoms with Gasteiger partial charge in [0.1, 0.15) is 5.82 Å². The second kappa shape index (κ2) is 6.17. The maximum absolute atomic E-state index is 12.9. The van der Waals surface area contributed by atoms with Gasteiger partial charge in [0.2, 0.25) is 10.0 Å². The molecule has 0 saturated carbocycles. The summed E-state index contributed by atoms with van der Waals surface area (Å²) in [5.41, 5.74) is 0. The van der Waals surface area contributed by atoms with Gasteiger partial charge in [-0.3, -0.25) is 0 Å². The average Bonchev–Trinajstić information content (AvgIpc) is 2.42. The van der Waals surface area contributed by atoms with Gasteiger partial charge in [0.15, 0.2) is 0 Å². The summed E-state index contributed by atoms with van der Waals surface area (Å²) in [6.07, 6.45) is 0.534. The van der Waals surface area contributed by atoms with Crippen LogP contribution in [0.4, 0.5) is 4.39 Å². The van der Waals surface area contributed by atoms with Gasteiger partial charge >= 0.3 is 0 Å². The zero-order valence-corrected chi connectivity index (χ0v) is 12.2. The summed E-state index contributed by atoms with van der Waals surface area (Å²) in [5.74, 6) is -0.458. The second-order valence-electron chi connectivity index (χ2n) is 4.96. The molecule has 1 saturated heterocycles. The predicted molar refractivity (Wildman–Crippen MR) is 73.3 cm³/mol. The van der Waals surface area contributed by atoms with Gasteiger partial charge in [-0.2, -0.15) is 4.31 Å². The molecule has 1 N–H and O–H groups in total. The van der Waals surface area contributed by atoms with E-state index in [-0.39, 0.29) is 17.5 Å². The quantitative estimate of drug-likeness (QED) is 0.880. The highest BCUT2D eigenvalue weighted by Crippen LogP contribution is 2.20. The van der Waals surface area contributed by atoms with Crippen LogP contribution in [0.5, 0.6) is 0 Å². The minimum absolute atomic E-state index is 0.00368. The molecule has 2 rings (SSSR count). The van der Waals surface area contributed by atoms with E-state index in [1.165, 1.54) is 16.4 Å². The first kappa shape index (κ1) is 15.4. The Morgan fingerprint density at radius 2 is 1.95 bits per heavy atom. The lowest BCUT2D eigenvalue weighted by atomic mass is 10.1. The number of likely N-dealkylation sites (N-methyl/N-ethyl adjacent to an activating group) is 1. The fourth-order valence-corrected chi connectivity index (χ4v) is 3.82. The Morgan fingerprint density at radius 3 is 2.55 bits per heavy atom. The Balaban J connectivity index is 2.19. The van der Waals surface area contributed by atoms with Gasteiger partial charge in [-0.05, 0) is 37.7 Å². The molecule has 1 atom stereocenters. The molecule has 0 aliphatic carbocycles.